The molecule has 0 rings (SSSR count). The van der Waals surface area contributed by atoms with E-state index in [2.05, 4.69) is 34.6 Å². The second kappa shape index (κ2) is 64.4. The van der Waals surface area contributed by atoms with E-state index in [1.54, 1.807) is 0 Å². The molecule has 0 aromatic rings. The predicted octanol–water partition coefficient (Wildman–Crippen LogP) is 20.5. The predicted molar refractivity (Wildman–Crippen MR) is 363 cm³/mol. The Labute approximate surface area is 549 Å². The van der Waals surface area contributed by atoms with Gasteiger partial charge in [0.2, 0.25) is 0 Å². The maximum atomic E-state index is 13.0. The first-order valence-electron chi connectivity index (χ1n) is 37.1. The Balaban J connectivity index is 5.20. The second-order valence-corrected chi connectivity index (χ2v) is 29.0. The highest BCUT2D eigenvalue weighted by molar-refractivity contribution is 7.47. The highest BCUT2D eigenvalue weighted by atomic mass is 31.2. The summed E-state index contributed by atoms with van der Waals surface area (Å²) in [5.74, 6) is -1.41. The van der Waals surface area contributed by atoms with E-state index >= 15 is 0 Å². The van der Waals surface area contributed by atoms with Crippen molar-refractivity contribution in [2.45, 2.75) is 387 Å². The van der Waals surface area contributed by atoms with Crippen LogP contribution in [0, 0.1) is 5.92 Å². The van der Waals surface area contributed by atoms with Crippen molar-refractivity contribution in [3.8, 4) is 0 Å². The lowest BCUT2D eigenvalue weighted by atomic mass is 10.0. The number of ether oxygens (including phenoxy) is 4. The van der Waals surface area contributed by atoms with Crippen molar-refractivity contribution in [2.24, 2.45) is 5.92 Å². The maximum Gasteiger partial charge on any atom is 0.472 e. The van der Waals surface area contributed by atoms with Crippen molar-refractivity contribution in [2.75, 3.05) is 39.6 Å². The number of aliphatic hydroxyl groups excluding tert-OH is 1. The molecule has 2 unspecified atom stereocenters. The first-order chi connectivity index (χ1) is 43.5. The van der Waals surface area contributed by atoms with Gasteiger partial charge in [-0.3, -0.25) is 37.3 Å². The fourth-order valence-electron chi connectivity index (χ4n) is 10.8. The van der Waals surface area contributed by atoms with E-state index in [9.17, 15) is 43.2 Å². The maximum absolute atomic E-state index is 13.0. The second-order valence-electron chi connectivity index (χ2n) is 26.1. The number of carbonyl (C=O) groups excluding carboxylic acids is 4. The van der Waals surface area contributed by atoms with Gasteiger partial charge in [0.15, 0.2) is 12.2 Å². The lowest BCUT2D eigenvalue weighted by molar-refractivity contribution is -0.161. The van der Waals surface area contributed by atoms with Gasteiger partial charge in [0.05, 0.1) is 26.4 Å². The quantitative estimate of drug-likeness (QED) is 0.0222. The number of aliphatic hydroxyl groups is 1. The topological polar surface area (TPSA) is 237 Å². The molecule has 19 heteroatoms. The molecular formula is C71H138O17P2. The molecule has 0 aromatic carbocycles. The molecule has 0 saturated carbocycles. The Morgan fingerprint density at radius 1 is 0.300 bits per heavy atom. The normalized spacial score (nSPS) is 14.1. The minimum Gasteiger partial charge on any atom is -0.462 e. The van der Waals surface area contributed by atoms with Crippen LogP contribution in [0.15, 0.2) is 0 Å². The molecule has 0 aliphatic rings. The van der Waals surface area contributed by atoms with Crippen LogP contribution in [0.1, 0.15) is 369 Å². The molecule has 0 radical (unpaired) electrons. The smallest absolute Gasteiger partial charge is 0.462 e. The molecule has 0 spiro atoms. The van der Waals surface area contributed by atoms with Gasteiger partial charge in [0, 0.05) is 25.7 Å². The van der Waals surface area contributed by atoms with Crippen LogP contribution in [0.5, 0.6) is 0 Å². The van der Waals surface area contributed by atoms with Crippen LogP contribution in [0.2, 0.25) is 0 Å². The Hall–Kier alpha value is -1.94. The van der Waals surface area contributed by atoms with Gasteiger partial charge in [0.1, 0.15) is 19.3 Å². The highest BCUT2D eigenvalue weighted by Gasteiger charge is 2.30. The van der Waals surface area contributed by atoms with Gasteiger partial charge in [0.25, 0.3) is 0 Å². The summed E-state index contributed by atoms with van der Waals surface area (Å²) >= 11 is 0. The zero-order chi connectivity index (χ0) is 66.3. The summed E-state index contributed by atoms with van der Waals surface area (Å²) in [6.45, 7) is 7.18. The molecule has 0 bridgehead atoms. The number of rotatable bonds is 71. The summed E-state index contributed by atoms with van der Waals surface area (Å²) in [6, 6.07) is 0. The molecular weight excluding hydrogens is 1190 g/mol. The van der Waals surface area contributed by atoms with Gasteiger partial charge in [-0.05, 0) is 31.6 Å². The molecule has 5 atom stereocenters. The number of hydrogen-bond donors (Lipinski definition) is 3. The van der Waals surface area contributed by atoms with E-state index in [0.717, 1.165) is 109 Å². The van der Waals surface area contributed by atoms with Crippen LogP contribution in [0.3, 0.4) is 0 Å². The van der Waals surface area contributed by atoms with Crippen LogP contribution in [-0.4, -0.2) is 96.7 Å². The van der Waals surface area contributed by atoms with E-state index in [1.165, 1.54) is 180 Å². The monoisotopic (exact) mass is 1320 g/mol. The number of phosphoric ester groups is 2. The highest BCUT2D eigenvalue weighted by Crippen LogP contribution is 2.45. The fourth-order valence-corrected chi connectivity index (χ4v) is 12.4. The summed E-state index contributed by atoms with van der Waals surface area (Å²) in [6.07, 6.45) is 51.5. The van der Waals surface area contributed by atoms with Crippen LogP contribution < -0.4 is 0 Å². The Morgan fingerprint density at radius 2 is 0.511 bits per heavy atom. The van der Waals surface area contributed by atoms with Crippen LogP contribution in [0.25, 0.3) is 0 Å². The van der Waals surface area contributed by atoms with Crippen LogP contribution in [-0.2, 0) is 65.4 Å². The zero-order valence-corrected chi connectivity index (χ0v) is 60.1. The average Bonchev–Trinajstić information content (AvgIpc) is 3.28. The standard InChI is InChI=1S/C71H138O17P2/c1-6-9-12-15-18-20-22-24-26-27-29-31-33-35-41-46-51-56-70(75)87-67(61-82-69(74)55-50-45-40-34-32-30-28-25-23-21-19-16-13-10-7-2)63-86-90(79,80)84-59-65(72)58-83-89(77,78)85-62-66(60-81-68(73)54-49-44-38-17-14-11-8-3)88-71(76)57-52-47-42-37-36-39-43-48-53-64(4)5/h64-67,72H,6-63H2,1-5H3,(H,77,78)(H,79,80)/t65-,66+,67+/m0/s1. The van der Waals surface area contributed by atoms with Crippen molar-refractivity contribution in [3.63, 3.8) is 0 Å². The van der Waals surface area contributed by atoms with Crippen LogP contribution >= 0.6 is 15.6 Å². The summed E-state index contributed by atoms with van der Waals surface area (Å²) in [7, 11) is -9.90. The number of unbranched alkanes of at least 4 members (excludes halogenated alkanes) is 43. The summed E-state index contributed by atoms with van der Waals surface area (Å²) < 4.78 is 68.2. The Kier molecular flexibility index (Phi) is 63.0. The van der Waals surface area contributed by atoms with Crippen molar-refractivity contribution in [1.82, 2.24) is 0 Å². The van der Waals surface area contributed by atoms with Crippen molar-refractivity contribution in [1.29, 1.82) is 0 Å². The van der Waals surface area contributed by atoms with Gasteiger partial charge in [-0.2, -0.15) is 0 Å². The van der Waals surface area contributed by atoms with E-state index in [0.29, 0.717) is 25.7 Å². The van der Waals surface area contributed by atoms with E-state index < -0.39 is 97.5 Å². The van der Waals surface area contributed by atoms with Gasteiger partial charge in [-0.1, -0.05) is 317 Å². The number of esters is 4. The lowest BCUT2D eigenvalue weighted by Gasteiger charge is -2.21. The number of carbonyl (C=O) groups is 4. The molecule has 17 nitrogen and oxygen atoms in total. The first kappa shape index (κ1) is 88.1. The molecule has 0 aliphatic heterocycles. The third-order valence-corrected chi connectivity index (χ3v) is 18.4. The van der Waals surface area contributed by atoms with Crippen LogP contribution in [0.4, 0.5) is 0 Å². The fraction of sp³-hybridized carbons (Fsp3) is 0.944. The number of phosphoric acid groups is 2. The van der Waals surface area contributed by atoms with Crippen molar-refractivity contribution in [3.05, 3.63) is 0 Å². The van der Waals surface area contributed by atoms with Crippen molar-refractivity contribution < 1.29 is 80.2 Å². The van der Waals surface area contributed by atoms with Gasteiger partial charge >= 0.3 is 39.5 Å². The molecule has 534 valence electrons. The summed E-state index contributed by atoms with van der Waals surface area (Å²) in [5.41, 5.74) is 0. The van der Waals surface area contributed by atoms with Gasteiger partial charge in [-0.25, -0.2) is 9.13 Å². The Morgan fingerprint density at radius 3 is 0.756 bits per heavy atom. The molecule has 0 aliphatic carbocycles. The molecule has 0 fully saturated rings. The average molecular weight is 1330 g/mol. The Bertz CT molecular complexity index is 1740. The van der Waals surface area contributed by atoms with Gasteiger partial charge in [-0.15, -0.1) is 0 Å². The van der Waals surface area contributed by atoms with Crippen molar-refractivity contribution >= 4 is 39.5 Å². The molecule has 0 saturated heterocycles. The lowest BCUT2D eigenvalue weighted by Crippen LogP contribution is -2.30. The molecule has 3 N–H and O–H groups in total. The molecule has 0 amide bonds. The minimum atomic E-state index is -4.95. The number of hydrogen-bond acceptors (Lipinski definition) is 15. The van der Waals surface area contributed by atoms with Gasteiger partial charge < -0.3 is 33.8 Å². The molecule has 90 heavy (non-hydrogen) atoms. The largest absolute Gasteiger partial charge is 0.472 e. The van der Waals surface area contributed by atoms with E-state index in [4.69, 9.17) is 37.0 Å². The first-order valence-corrected chi connectivity index (χ1v) is 40.1. The third kappa shape index (κ3) is 64.8. The zero-order valence-electron chi connectivity index (χ0n) is 58.3. The molecule has 0 heterocycles. The molecule has 0 aromatic heterocycles. The van der Waals surface area contributed by atoms with E-state index in [1.807, 2.05) is 0 Å². The minimum absolute atomic E-state index is 0.104. The summed E-state index contributed by atoms with van der Waals surface area (Å²) in [5, 5.41) is 10.6. The third-order valence-electron chi connectivity index (χ3n) is 16.5. The SMILES string of the molecule is CCCCCCCCCCCCCCCCCCCC(=O)O[C@H](COC(=O)CCCCCCCCCCCCCCCCC)COP(=O)(O)OC[C@@H](O)COP(=O)(O)OC[C@@H](COC(=O)CCCCCCCCC)OC(=O)CCCCCCCCCCC(C)C. The van der Waals surface area contributed by atoms with E-state index in [-0.39, 0.29) is 25.7 Å². The summed E-state index contributed by atoms with van der Waals surface area (Å²) in [4.78, 5) is 72.4.